The second kappa shape index (κ2) is 11.1. The molecule has 1 aliphatic heterocycles. The third-order valence-electron chi connectivity index (χ3n) is 5.58. The molecule has 0 saturated carbocycles. The van der Waals surface area contributed by atoms with E-state index in [2.05, 4.69) is 20.0 Å². The summed E-state index contributed by atoms with van der Waals surface area (Å²) in [4.78, 5) is 31.7. The molecule has 1 aromatic heterocycles. The molecular formula is C23H23ClF2N4O6S. The standard InChI is InChI=1S/C23H23ClF2N4O6S/c1-37(33,34)30-13-9-14(36-11-13)6-7-35-20-17(26)4-5-18-19(20)22(31)29-21(28-18)23(32)27-10-12-2-3-16(25)15(24)8-12/h2-5,8,13-14,30H,6-7,9-11H2,1H3,(H,27,32)(H,28,29,31). The molecule has 3 aromatic rings. The molecule has 14 heteroatoms. The fourth-order valence-corrected chi connectivity index (χ4v) is 4.90. The van der Waals surface area contributed by atoms with Gasteiger partial charge in [0.2, 0.25) is 10.0 Å². The Kier molecular flexibility index (Phi) is 8.07. The number of halogens is 3. The number of carbonyl (C=O) groups excluding carboxylic acids is 1. The van der Waals surface area contributed by atoms with E-state index < -0.39 is 33.1 Å². The predicted octanol–water partition coefficient (Wildman–Crippen LogP) is 2.26. The summed E-state index contributed by atoms with van der Waals surface area (Å²) in [6.07, 6.45) is 1.52. The molecule has 0 bridgehead atoms. The molecule has 10 nitrogen and oxygen atoms in total. The summed E-state index contributed by atoms with van der Waals surface area (Å²) in [5.41, 5.74) is -0.195. The molecule has 4 rings (SSSR count). The normalized spacial score (nSPS) is 17.7. The van der Waals surface area contributed by atoms with Crippen LogP contribution in [0.1, 0.15) is 29.0 Å². The molecule has 2 aromatic carbocycles. The van der Waals surface area contributed by atoms with E-state index in [1.54, 1.807) is 0 Å². The van der Waals surface area contributed by atoms with Gasteiger partial charge in [-0.15, -0.1) is 0 Å². The highest BCUT2D eigenvalue weighted by molar-refractivity contribution is 7.88. The van der Waals surface area contributed by atoms with Crippen LogP contribution in [0.15, 0.2) is 35.1 Å². The number of hydrogen-bond donors (Lipinski definition) is 3. The van der Waals surface area contributed by atoms with E-state index in [4.69, 9.17) is 21.1 Å². The van der Waals surface area contributed by atoms with Crippen molar-refractivity contribution in [3.8, 4) is 5.75 Å². The van der Waals surface area contributed by atoms with E-state index in [0.29, 0.717) is 18.4 Å². The number of aromatic nitrogens is 2. The van der Waals surface area contributed by atoms with E-state index in [0.717, 1.165) is 12.3 Å². The SMILES string of the molecule is CS(=O)(=O)NC1COC(CCOc2c(F)ccc3nc(C(=O)NCc4ccc(F)c(Cl)c4)[nH]c(=O)c23)C1. The van der Waals surface area contributed by atoms with Gasteiger partial charge in [0.05, 0.1) is 36.1 Å². The van der Waals surface area contributed by atoms with E-state index in [1.165, 1.54) is 24.3 Å². The van der Waals surface area contributed by atoms with Gasteiger partial charge in [0.25, 0.3) is 11.5 Å². The van der Waals surface area contributed by atoms with Gasteiger partial charge in [-0.2, -0.15) is 0 Å². The monoisotopic (exact) mass is 556 g/mol. The zero-order chi connectivity index (χ0) is 26.7. The Bertz CT molecular complexity index is 1500. The lowest BCUT2D eigenvalue weighted by Gasteiger charge is -2.13. The summed E-state index contributed by atoms with van der Waals surface area (Å²) in [5, 5.41) is 2.29. The number of carbonyl (C=O) groups is 1. The number of amides is 1. The predicted molar refractivity (Wildman–Crippen MR) is 131 cm³/mol. The lowest BCUT2D eigenvalue weighted by molar-refractivity contribution is 0.0886. The van der Waals surface area contributed by atoms with Crippen LogP contribution in [0.5, 0.6) is 5.75 Å². The van der Waals surface area contributed by atoms with Crippen molar-refractivity contribution in [2.75, 3.05) is 19.5 Å². The van der Waals surface area contributed by atoms with Crippen molar-refractivity contribution in [2.45, 2.75) is 31.5 Å². The Hall–Kier alpha value is -3.13. The van der Waals surface area contributed by atoms with E-state index in [1.807, 2.05) is 0 Å². The first-order valence-corrected chi connectivity index (χ1v) is 13.4. The average Bonchev–Trinajstić information content (AvgIpc) is 3.26. The number of fused-ring (bicyclic) bond motifs is 1. The Balaban J connectivity index is 1.43. The maximum absolute atomic E-state index is 14.5. The van der Waals surface area contributed by atoms with Crippen LogP contribution in [0.3, 0.4) is 0 Å². The van der Waals surface area contributed by atoms with Crippen molar-refractivity contribution in [2.24, 2.45) is 0 Å². The second-order valence-corrected chi connectivity index (χ2v) is 10.7. The number of ether oxygens (including phenoxy) is 2. The van der Waals surface area contributed by atoms with Gasteiger partial charge >= 0.3 is 0 Å². The number of nitrogens with zero attached hydrogens (tertiary/aromatic N) is 1. The second-order valence-electron chi connectivity index (χ2n) is 8.53. The number of hydrogen-bond acceptors (Lipinski definition) is 7. The summed E-state index contributed by atoms with van der Waals surface area (Å²) in [7, 11) is -3.36. The van der Waals surface area contributed by atoms with Crippen molar-refractivity contribution in [3.63, 3.8) is 0 Å². The van der Waals surface area contributed by atoms with Crippen molar-refractivity contribution in [1.82, 2.24) is 20.0 Å². The zero-order valence-corrected chi connectivity index (χ0v) is 21.1. The number of benzene rings is 2. The smallest absolute Gasteiger partial charge is 0.287 e. The van der Waals surface area contributed by atoms with E-state index in [9.17, 15) is 26.8 Å². The molecule has 1 amide bonds. The molecule has 0 spiro atoms. The van der Waals surface area contributed by atoms with Gasteiger partial charge in [-0.1, -0.05) is 17.7 Å². The molecule has 198 valence electrons. The fourth-order valence-electron chi connectivity index (χ4n) is 3.93. The Morgan fingerprint density at radius 3 is 2.76 bits per heavy atom. The van der Waals surface area contributed by atoms with Crippen LogP contribution in [-0.4, -0.2) is 55.9 Å². The van der Waals surface area contributed by atoms with Crippen LogP contribution in [0.25, 0.3) is 10.9 Å². The van der Waals surface area contributed by atoms with Crippen LogP contribution in [0.4, 0.5) is 8.78 Å². The molecule has 37 heavy (non-hydrogen) atoms. The molecule has 2 unspecified atom stereocenters. The first-order chi connectivity index (χ1) is 17.5. The van der Waals surface area contributed by atoms with Gasteiger partial charge in [0.1, 0.15) is 11.2 Å². The van der Waals surface area contributed by atoms with Crippen molar-refractivity contribution >= 4 is 38.4 Å². The minimum atomic E-state index is -3.36. The number of aromatic amines is 1. The molecule has 1 aliphatic rings. The van der Waals surface area contributed by atoms with Gasteiger partial charge in [-0.25, -0.2) is 26.9 Å². The topological polar surface area (TPSA) is 139 Å². The molecule has 2 atom stereocenters. The molecule has 0 radical (unpaired) electrons. The maximum Gasteiger partial charge on any atom is 0.287 e. The number of H-pyrrole nitrogens is 1. The lowest BCUT2D eigenvalue weighted by atomic mass is 10.1. The quantitative estimate of drug-likeness (QED) is 0.367. The van der Waals surface area contributed by atoms with Crippen LogP contribution in [0.2, 0.25) is 5.02 Å². The first-order valence-electron chi connectivity index (χ1n) is 11.2. The fraction of sp³-hybridized carbons (Fsp3) is 0.348. The van der Waals surface area contributed by atoms with Crippen LogP contribution in [0, 0.1) is 11.6 Å². The summed E-state index contributed by atoms with van der Waals surface area (Å²) >= 11 is 5.74. The number of nitrogens with one attached hydrogen (secondary N) is 3. The average molecular weight is 557 g/mol. The molecule has 1 saturated heterocycles. The Morgan fingerprint density at radius 1 is 1.27 bits per heavy atom. The van der Waals surface area contributed by atoms with Gasteiger partial charge < -0.3 is 19.8 Å². The maximum atomic E-state index is 14.5. The molecule has 3 N–H and O–H groups in total. The summed E-state index contributed by atoms with van der Waals surface area (Å²) in [6, 6.07) is 5.95. The Morgan fingerprint density at radius 2 is 2.03 bits per heavy atom. The minimum Gasteiger partial charge on any atom is -0.489 e. The lowest BCUT2D eigenvalue weighted by Crippen LogP contribution is -2.34. The van der Waals surface area contributed by atoms with Crippen molar-refractivity contribution < 1.29 is 31.5 Å². The van der Waals surface area contributed by atoms with Crippen molar-refractivity contribution in [3.05, 3.63) is 68.7 Å². The van der Waals surface area contributed by atoms with Gasteiger partial charge in [0.15, 0.2) is 17.4 Å². The number of rotatable bonds is 9. The summed E-state index contributed by atoms with van der Waals surface area (Å²) in [6.45, 7) is 0.208. The molecule has 1 fully saturated rings. The largest absolute Gasteiger partial charge is 0.489 e. The van der Waals surface area contributed by atoms with E-state index in [-0.39, 0.29) is 59.4 Å². The highest BCUT2D eigenvalue weighted by Crippen LogP contribution is 2.26. The minimum absolute atomic E-state index is 0.00214. The molecule has 0 aliphatic carbocycles. The van der Waals surface area contributed by atoms with E-state index >= 15 is 0 Å². The van der Waals surface area contributed by atoms with Crippen LogP contribution < -0.4 is 20.3 Å². The van der Waals surface area contributed by atoms with Crippen molar-refractivity contribution in [1.29, 1.82) is 0 Å². The van der Waals surface area contributed by atoms with Gasteiger partial charge in [-0.3, -0.25) is 9.59 Å². The first kappa shape index (κ1) is 26.9. The molecular weight excluding hydrogens is 534 g/mol. The summed E-state index contributed by atoms with van der Waals surface area (Å²) < 4.78 is 64.2. The highest BCUT2D eigenvalue weighted by Gasteiger charge is 2.27. The zero-order valence-electron chi connectivity index (χ0n) is 19.5. The third-order valence-corrected chi connectivity index (χ3v) is 6.63. The van der Waals surface area contributed by atoms with Crippen LogP contribution in [-0.2, 0) is 21.3 Å². The third kappa shape index (κ3) is 6.80. The Labute approximate surface area is 215 Å². The van der Waals surface area contributed by atoms with Crippen LogP contribution >= 0.6 is 11.6 Å². The summed E-state index contributed by atoms with van der Waals surface area (Å²) in [5.74, 6) is -2.70. The van der Waals surface area contributed by atoms with Gasteiger partial charge in [-0.05, 0) is 36.2 Å². The van der Waals surface area contributed by atoms with Gasteiger partial charge in [0, 0.05) is 19.0 Å². The number of sulfonamides is 1. The highest BCUT2D eigenvalue weighted by atomic mass is 35.5. The molecule has 2 heterocycles.